The van der Waals surface area contributed by atoms with Gasteiger partial charge in [0.2, 0.25) is 5.03 Å². The molecule has 1 saturated heterocycles. The Kier molecular flexibility index (Phi) is 5.96. The van der Waals surface area contributed by atoms with Crippen molar-refractivity contribution in [1.82, 2.24) is 14.1 Å². The van der Waals surface area contributed by atoms with Crippen LogP contribution >= 0.6 is 0 Å². The van der Waals surface area contributed by atoms with Crippen LogP contribution in [0.3, 0.4) is 0 Å². The van der Waals surface area contributed by atoms with Crippen molar-refractivity contribution in [2.75, 3.05) is 18.4 Å². The van der Waals surface area contributed by atoms with Crippen molar-refractivity contribution < 1.29 is 13.2 Å². The molecule has 0 bridgehead atoms. The summed E-state index contributed by atoms with van der Waals surface area (Å²) in [5.74, 6) is -0.464. The average molecular weight is 391 g/mol. The van der Waals surface area contributed by atoms with Crippen molar-refractivity contribution >= 4 is 21.6 Å². The number of amides is 1. The number of anilines is 1. The summed E-state index contributed by atoms with van der Waals surface area (Å²) in [5, 5.41) is 6.85. The largest absolute Gasteiger partial charge is 0.322 e. The van der Waals surface area contributed by atoms with E-state index in [1.807, 2.05) is 32.0 Å². The highest BCUT2D eigenvalue weighted by molar-refractivity contribution is 7.89. The van der Waals surface area contributed by atoms with E-state index >= 15 is 0 Å². The maximum Gasteiger partial charge on any atom is 0.263 e. The monoisotopic (exact) mass is 390 g/mol. The Bertz CT molecular complexity index is 913. The topological polar surface area (TPSA) is 84.3 Å². The van der Waals surface area contributed by atoms with E-state index in [4.69, 9.17) is 0 Å². The van der Waals surface area contributed by atoms with Gasteiger partial charge in [-0.15, -0.1) is 0 Å². The molecule has 1 aliphatic heterocycles. The second-order valence-corrected chi connectivity index (χ2v) is 8.70. The molecule has 2 heterocycles. The van der Waals surface area contributed by atoms with Gasteiger partial charge >= 0.3 is 0 Å². The van der Waals surface area contributed by atoms with Crippen LogP contribution in [0.4, 0.5) is 5.69 Å². The molecule has 1 amide bonds. The molecule has 1 aromatic carbocycles. The number of sulfonamides is 1. The minimum Gasteiger partial charge on any atom is -0.322 e. The fourth-order valence-electron chi connectivity index (χ4n) is 3.24. The highest BCUT2D eigenvalue weighted by atomic mass is 32.2. The van der Waals surface area contributed by atoms with Crippen LogP contribution in [0.15, 0.2) is 35.5 Å². The van der Waals surface area contributed by atoms with E-state index in [1.165, 1.54) is 15.2 Å². The van der Waals surface area contributed by atoms with Crippen LogP contribution < -0.4 is 5.32 Å². The van der Waals surface area contributed by atoms with Crippen LogP contribution in [-0.4, -0.2) is 41.5 Å². The molecule has 2 aromatic rings. The zero-order valence-electron chi connectivity index (χ0n) is 15.8. The van der Waals surface area contributed by atoms with E-state index in [1.54, 1.807) is 6.07 Å². The molecule has 0 saturated carbocycles. The molecule has 1 aliphatic rings. The second-order valence-electron chi connectivity index (χ2n) is 6.85. The highest BCUT2D eigenvalue weighted by Gasteiger charge is 2.33. The van der Waals surface area contributed by atoms with Gasteiger partial charge in [-0.05, 0) is 44.4 Å². The first-order valence-electron chi connectivity index (χ1n) is 9.37. The van der Waals surface area contributed by atoms with Crippen molar-refractivity contribution in [2.24, 2.45) is 0 Å². The zero-order valence-corrected chi connectivity index (χ0v) is 16.6. The quantitative estimate of drug-likeness (QED) is 0.850. The SMILES string of the molecule is CCn1cc(C(=O)Nc2cccc(C)c2)c(S(=O)(=O)N2CCCCCC2)n1. The van der Waals surface area contributed by atoms with Crippen molar-refractivity contribution in [2.45, 2.75) is 51.1 Å². The number of aromatic nitrogens is 2. The molecule has 146 valence electrons. The molecule has 0 aliphatic carbocycles. The van der Waals surface area contributed by atoms with Gasteiger partial charge in [-0.25, -0.2) is 8.42 Å². The molecule has 0 atom stereocenters. The Morgan fingerprint density at radius 3 is 2.52 bits per heavy atom. The Morgan fingerprint density at radius 1 is 1.19 bits per heavy atom. The first-order valence-corrected chi connectivity index (χ1v) is 10.8. The van der Waals surface area contributed by atoms with E-state index in [9.17, 15) is 13.2 Å². The Morgan fingerprint density at radius 2 is 1.89 bits per heavy atom. The first-order chi connectivity index (χ1) is 12.9. The number of hydrogen-bond donors (Lipinski definition) is 1. The highest BCUT2D eigenvalue weighted by Crippen LogP contribution is 2.23. The third kappa shape index (κ3) is 4.39. The molecular formula is C19H26N4O3S. The maximum absolute atomic E-state index is 13.2. The van der Waals surface area contributed by atoms with Gasteiger partial charge in [-0.3, -0.25) is 9.48 Å². The van der Waals surface area contributed by atoms with Crippen LogP contribution in [0.2, 0.25) is 0 Å². The summed E-state index contributed by atoms with van der Waals surface area (Å²) < 4.78 is 29.3. The Balaban J connectivity index is 1.94. The van der Waals surface area contributed by atoms with E-state index in [0.29, 0.717) is 25.3 Å². The van der Waals surface area contributed by atoms with Crippen molar-refractivity contribution in [1.29, 1.82) is 0 Å². The lowest BCUT2D eigenvalue weighted by Gasteiger charge is -2.19. The number of nitrogens with one attached hydrogen (secondary N) is 1. The van der Waals surface area contributed by atoms with Crippen LogP contribution in [0.1, 0.15) is 48.5 Å². The third-order valence-electron chi connectivity index (χ3n) is 4.72. The summed E-state index contributed by atoms with van der Waals surface area (Å²) in [5.41, 5.74) is 1.72. The van der Waals surface area contributed by atoms with E-state index in [-0.39, 0.29) is 10.6 Å². The predicted molar refractivity (Wildman–Crippen MR) is 104 cm³/mol. The number of aryl methyl sites for hydroxylation is 2. The van der Waals surface area contributed by atoms with Crippen LogP contribution in [0.5, 0.6) is 0 Å². The standard InChI is InChI=1S/C19H26N4O3S/c1-3-22-14-17(18(24)20-16-10-8-9-15(2)13-16)19(21-22)27(25,26)23-11-6-4-5-7-12-23/h8-10,13-14H,3-7,11-12H2,1-2H3,(H,20,24). The summed E-state index contributed by atoms with van der Waals surface area (Å²) in [6, 6.07) is 7.39. The third-order valence-corrected chi connectivity index (χ3v) is 6.56. The van der Waals surface area contributed by atoms with Crippen LogP contribution in [0.25, 0.3) is 0 Å². The minimum atomic E-state index is -3.81. The molecule has 1 aromatic heterocycles. The van der Waals surface area contributed by atoms with Gasteiger partial charge < -0.3 is 5.32 Å². The fourth-order valence-corrected chi connectivity index (χ4v) is 4.85. The molecule has 1 fully saturated rings. The van der Waals surface area contributed by atoms with Crippen molar-refractivity contribution in [3.05, 3.63) is 41.6 Å². The van der Waals surface area contributed by atoms with Crippen molar-refractivity contribution in [3.63, 3.8) is 0 Å². The lowest BCUT2D eigenvalue weighted by atomic mass is 10.2. The van der Waals surface area contributed by atoms with Gasteiger partial charge in [-0.1, -0.05) is 25.0 Å². The summed E-state index contributed by atoms with van der Waals surface area (Å²) in [6.07, 6.45) is 5.22. The van der Waals surface area contributed by atoms with Gasteiger partial charge in [0.1, 0.15) is 0 Å². The molecule has 1 N–H and O–H groups in total. The molecule has 7 nitrogen and oxygen atoms in total. The van der Waals surface area contributed by atoms with Gasteiger partial charge in [0.15, 0.2) is 0 Å². The molecular weight excluding hydrogens is 364 g/mol. The minimum absolute atomic E-state index is 0.0857. The van der Waals surface area contributed by atoms with E-state index in [0.717, 1.165) is 31.2 Å². The average Bonchev–Trinajstić information content (AvgIpc) is 2.89. The van der Waals surface area contributed by atoms with Gasteiger partial charge in [0, 0.05) is 31.5 Å². The van der Waals surface area contributed by atoms with E-state index < -0.39 is 15.9 Å². The van der Waals surface area contributed by atoms with Gasteiger partial charge in [-0.2, -0.15) is 9.40 Å². The Hall–Kier alpha value is -2.19. The van der Waals surface area contributed by atoms with Gasteiger partial charge in [0.25, 0.3) is 15.9 Å². The summed E-state index contributed by atoms with van der Waals surface area (Å²) >= 11 is 0. The number of rotatable bonds is 5. The number of benzene rings is 1. The van der Waals surface area contributed by atoms with Gasteiger partial charge in [0.05, 0.1) is 5.56 Å². The predicted octanol–water partition coefficient (Wildman–Crippen LogP) is 3.03. The smallest absolute Gasteiger partial charge is 0.263 e. The fraction of sp³-hybridized carbons (Fsp3) is 0.474. The Labute approximate surface area is 160 Å². The van der Waals surface area contributed by atoms with Crippen LogP contribution in [-0.2, 0) is 16.6 Å². The first kappa shape index (κ1) is 19.6. The molecule has 0 unspecified atom stereocenters. The molecule has 8 heteroatoms. The number of hydrogen-bond acceptors (Lipinski definition) is 4. The lowest BCUT2D eigenvalue weighted by Crippen LogP contribution is -2.33. The number of carbonyl (C=O) groups excluding carboxylic acids is 1. The molecule has 0 radical (unpaired) electrons. The number of carbonyl (C=O) groups is 1. The summed E-state index contributed by atoms with van der Waals surface area (Å²) in [7, 11) is -3.81. The molecule has 27 heavy (non-hydrogen) atoms. The lowest BCUT2D eigenvalue weighted by molar-refractivity contribution is 0.102. The van der Waals surface area contributed by atoms with Crippen molar-refractivity contribution in [3.8, 4) is 0 Å². The molecule has 0 spiro atoms. The maximum atomic E-state index is 13.2. The zero-order chi connectivity index (χ0) is 19.4. The van der Waals surface area contributed by atoms with E-state index in [2.05, 4.69) is 10.4 Å². The molecule has 3 rings (SSSR count). The second kappa shape index (κ2) is 8.22. The number of nitrogens with zero attached hydrogens (tertiary/aromatic N) is 3. The normalized spacial score (nSPS) is 16.1. The summed E-state index contributed by atoms with van der Waals surface area (Å²) in [4.78, 5) is 12.8. The summed E-state index contributed by atoms with van der Waals surface area (Å²) in [6.45, 7) is 5.22. The van der Waals surface area contributed by atoms with Crippen LogP contribution in [0, 0.1) is 6.92 Å².